The second kappa shape index (κ2) is 54.0. The molecule has 9 nitrogen and oxygen atoms in total. The molecule has 0 spiro atoms. The number of likely N-dealkylation sites (N-methyl/N-ethyl adjacent to an activating group) is 1. The summed E-state index contributed by atoms with van der Waals surface area (Å²) in [6.45, 7) is 3.97. The number of quaternary nitrogens is 1. The van der Waals surface area contributed by atoms with Gasteiger partial charge in [-0.15, -0.1) is 0 Å². The zero-order valence-corrected chi connectivity index (χ0v) is 48.4. The summed E-state index contributed by atoms with van der Waals surface area (Å²) in [6.07, 6.45) is 77.7. The third-order valence-corrected chi connectivity index (χ3v) is 12.6. The van der Waals surface area contributed by atoms with Crippen LogP contribution in [-0.2, 0) is 32.7 Å². The van der Waals surface area contributed by atoms with Gasteiger partial charge in [-0.3, -0.25) is 14.2 Å². The Morgan fingerprint density at radius 2 is 0.730 bits per heavy atom. The summed E-state index contributed by atoms with van der Waals surface area (Å²) in [7, 11) is 1.13. The van der Waals surface area contributed by atoms with Crippen LogP contribution in [0.1, 0.15) is 206 Å². The van der Waals surface area contributed by atoms with Crippen molar-refractivity contribution in [2.75, 3.05) is 47.5 Å². The maximum atomic E-state index is 12.8. The van der Waals surface area contributed by atoms with Gasteiger partial charge in [0.05, 0.1) is 27.7 Å². The van der Waals surface area contributed by atoms with Gasteiger partial charge in [0, 0.05) is 12.8 Å². The Hall–Kier alpha value is -3.85. The summed E-state index contributed by atoms with van der Waals surface area (Å²) in [6, 6.07) is 0. The van der Waals surface area contributed by atoms with Crippen LogP contribution in [0, 0.1) is 0 Å². The Bertz CT molecular complexity index is 1710. The van der Waals surface area contributed by atoms with Crippen molar-refractivity contribution in [3.05, 3.63) is 134 Å². The normalized spacial score (nSPS) is 14.3. The van der Waals surface area contributed by atoms with E-state index in [4.69, 9.17) is 18.5 Å². The maximum absolute atomic E-state index is 12.8. The van der Waals surface area contributed by atoms with Crippen LogP contribution >= 0.6 is 7.82 Å². The van der Waals surface area contributed by atoms with Gasteiger partial charge in [0.15, 0.2) is 6.10 Å². The third-order valence-electron chi connectivity index (χ3n) is 11.7. The van der Waals surface area contributed by atoms with Crippen LogP contribution in [0.5, 0.6) is 0 Å². The van der Waals surface area contributed by atoms with Crippen LogP contribution in [0.2, 0.25) is 0 Å². The first-order chi connectivity index (χ1) is 36.0. The zero-order chi connectivity index (χ0) is 54.2. The number of phosphoric acid groups is 1. The molecule has 0 bridgehead atoms. The van der Waals surface area contributed by atoms with Crippen molar-refractivity contribution >= 4 is 19.8 Å². The summed E-state index contributed by atoms with van der Waals surface area (Å²) in [5.74, 6) is -0.866. The minimum Gasteiger partial charge on any atom is -0.756 e. The first-order valence-electron chi connectivity index (χ1n) is 28.9. The molecule has 0 heterocycles. The third kappa shape index (κ3) is 57.4. The molecule has 420 valence electrons. The number of ether oxygens (including phenoxy) is 2. The lowest BCUT2D eigenvalue weighted by Gasteiger charge is -2.28. The Balaban J connectivity index is 4.26. The molecule has 2 unspecified atom stereocenters. The number of hydrogen-bond acceptors (Lipinski definition) is 8. The van der Waals surface area contributed by atoms with Gasteiger partial charge in [0.25, 0.3) is 7.82 Å². The summed E-state index contributed by atoms with van der Waals surface area (Å²) >= 11 is 0. The lowest BCUT2D eigenvalue weighted by atomic mass is 10.1. The van der Waals surface area contributed by atoms with E-state index in [0.29, 0.717) is 23.9 Å². The molecule has 0 aromatic rings. The minimum absolute atomic E-state index is 0.0425. The van der Waals surface area contributed by atoms with E-state index in [1.807, 2.05) is 21.1 Å². The highest BCUT2D eigenvalue weighted by Gasteiger charge is 2.21. The van der Waals surface area contributed by atoms with Gasteiger partial charge >= 0.3 is 11.9 Å². The monoisotopic (exact) mass is 1050 g/mol. The van der Waals surface area contributed by atoms with Gasteiger partial charge in [0.2, 0.25) is 0 Å². The molecule has 0 radical (unpaired) electrons. The van der Waals surface area contributed by atoms with E-state index in [1.54, 1.807) is 0 Å². The highest BCUT2D eigenvalue weighted by Crippen LogP contribution is 2.38. The Labute approximate surface area is 453 Å². The van der Waals surface area contributed by atoms with Crippen molar-refractivity contribution in [3.63, 3.8) is 0 Å². The Kier molecular flexibility index (Phi) is 51.2. The molecular formula is C64H106NO8P. The van der Waals surface area contributed by atoms with Gasteiger partial charge in [-0.05, 0) is 109 Å². The fourth-order valence-electron chi connectivity index (χ4n) is 7.27. The van der Waals surface area contributed by atoms with Crippen LogP contribution in [0.25, 0.3) is 0 Å². The van der Waals surface area contributed by atoms with E-state index in [0.717, 1.165) is 128 Å². The second-order valence-corrected chi connectivity index (χ2v) is 21.3. The van der Waals surface area contributed by atoms with Crippen molar-refractivity contribution in [2.45, 2.75) is 213 Å². The predicted molar refractivity (Wildman–Crippen MR) is 314 cm³/mol. The summed E-state index contributed by atoms with van der Waals surface area (Å²) in [4.78, 5) is 37.9. The van der Waals surface area contributed by atoms with E-state index in [-0.39, 0.29) is 26.1 Å². The number of rotatable bonds is 51. The quantitative estimate of drug-likeness (QED) is 0.0195. The lowest BCUT2D eigenvalue weighted by molar-refractivity contribution is -0.870. The van der Waals surface area contributed by atoms with Gasteiger partial charge in [-0.1, -0.05) is 218 Å². The molecule has 0 saturated carbocycles. The number of esters is 2. The first kappa shape index (κ1) is 70.1. The van der Waals surface area contributed by atoms with E-state index >= 15 is 0 Å². The summed E-state index contributed by atoms with van der Waals surface area (Å²) in [5, 5.41) is 0. The molecule has 0 aliphatic heterocycles. The highest BCUT2D eigenvalue weighted by atomic mass is 31.2. The fourth-order valence-corrected chi connectivity index (χ4v) is 8.00. The van der Waals surface area contributed by atoms with Gasteiger partial charge < -0.3 is 27.9 Å². The highest BCUT2D eigenvalue weighted by molar-refractivity contribution is 7.45. The molecule has 0 amide bonds. The van der Waals surface area contributed by atoms with Gasteiger partial charge in [0.1, 0.15) is 19.8 Å². The number of allylic oxidation sites excluding steroid dienone is 22. The van der Waals surface area contributed by atoms with Crippen molar-refractivity contribution in [1.29, 1.82) is 0 Å². The number of phosphoric ester groups is 1. The van der Waals surface area contributed by atoms with E-state index < -0.39 is 32.5 Å². The van der Waals surface area contributed by atoms with Crippen LogP contribution in [-0.4, -0.2) is 70.0 Å². The van der Waals surface area contributed by atoms with Crippen molar-refractivity contribution < 1.29 is 42.1 Å². The molecule has 0 aliphatic carbocycles. The SMILES string of the molecule is CC/C=C\C/C=C\C/C=C\C/C=C\C/C=C\C/C=C\C/C=C\CCCCCCCCCC(=O)OC(COC(=O)CCCCCCCCCC/C=C\C/C=C\C/C=C\C/C=C\CC)COP(=O)([O-])OCC[N+](C)(C)C. The van der Waals surface area contributed by atoms with Crippen LogP contribution in [0.15, 0.2) is 134 Å². The molecule has 74 heavy (non-hydrogen) atoms. The number of nitrogens with zero attached hydrogens (tertiary/aromatic N) is 1. The number of carbonyl (C=O) groups excluding carboxylic acids is 2. The van der Waals surface area contributed by atoms with Crippen LogP contribution in [0.4, 0.5) is 0 Å². The van der Waals surface area contributed by atoms with Crippen molar-refractivity contribution in [2.24, 2.45) is 0 Å². The molecule has 0 aliphatic rings. The number of carbonyl (C=O) groups is 2. The second-order valence-electron chi connectivity index (χ2n) is 19.9. The average Bonchev–Trinajstić information content (AvgIpc) is 3.36. The standard InChI is InChI=1S/C64H106NO8P/c1-6-8-10-12-14-16-18-20-22-24-26-28-29-30-31-32-33-34-35-37-39-41-43-45-47-49-51-53-55-57-64(67)73-62(61-72-74(68,69)71-59-58-65(3,4)5)60-70-63(66)56-54-52-50-48-46-44-42-40-38-36-27-25-23-21-19-17-15-13-11-9-7-2/h8-11,14-17,20-23,26-28,30-31,33-34,36-37,39,62H,6-7,12-13,18-19,24-25,29,32,35,38,40-61H2,1-5H3/b10-8-,11-9-,16-14-,17-15-,22-20-,23-21-,28-26-,31-30-,34-33-,36-27-,39-37-. The topological polar surface area (TPSA) is 111 Å². The molecule has 0 rings (SSSR count). The zero-order valence-electron chi connectivity index (χ0n) is 47.5. The number of hydrogen-bond donors (Lipinski definition) is 0. The Morgan fingerprint density at radius 1 is 0.419 bits per heavy atom. The molecule has 2 atom stereocenters. The molecule has 0 N–H and O–H groups in total. The summed E-state index contributed by atoms with van der Waals surface area (Å²) in [5.41, 5.74) is 0. The molecular weight excluding hydrogens is 942 g/mol. The minimum atomic E-state index is -4.65. The van der Waals surface area contributed by atoms with Gasteiger partial charge in [-0.2, -0.15) is 0 Å². The van der Waals surface area contributed by atoms with Crippen molar-refractivity contribution in [1.82, 2.24) is 0 Å². The summed E-state index contributed by atoms with van der Waals surface area (Å²) < 4.78 is 34.1. The molecule has 0 saturated heterocycles. The molecule has 0 aromatic heterocycles. The first-order valence-corrected chi connectivity index (χ1v) is 30.4. The van der Waals surface area contributed by atoms with Crippen LogP contribution in [0.3, 0.4) is 0 Å². The molecule has 10 heteroatoms. The molecule has 0 fully saturated rings. The van der Waals surface area contributed by atoms with E-state index in [1.165, 1.54) is 38.5 Å². The maximum Gasteiger partial charge on any atom is 0.306 e. The fraction of sp³-hybridized carbons (Fsp3) is 0.625. The van der Waals surface area contributed by atoms with E-state index in [2.05, 4.69) is 148 Å². The van der Waals surface area contributed by atoms with Crippen molar-refractivity contribution in [3.8, 4) is 0 Å². The molecule has 0 aromatic carbocycles. The van der Waals surface area contributed by atoms with Crippen LogP contribution < -0.4 is 4.89 Å². The largest absolute Gasteiger partial charge is 0.756 e. The Morgan fingerprint density at radius 3 is 1.08 bits per heavy atom. The van der Waals surface area contributed by atoms with E-state index in [9.17, 15) is 19.0 Å². The lowest BCUT2D eigenvalue weighted by Crippen LogP contribution is -2.37. The average molecular weight is 1050 g/mol. The van der Waals surface area contributed by atoms with Gasteiger partial charge in [-0.25, -0.2) is 0 Å². The number of unbranched alkanes of at least 4 members (excludes halogenated alkanes) is 15. The predicted octanol–water partition coefficient (Wildman–Crippen LogP) is 17.5. The smallest absolute Gasteiger partial charge is 0.306 e.